The fourth-order valence-electron chi connectivity index (χ4n) is 5.23. The SMILES string of the molecule is C=CC(=O)N1CCCC[C@@H](n2c(NC(=O)c3ccnc(C)c3)nc3ccc(O[C@@H]4CCOC4)c(CI)c32)C1. The number of ether oxygens (including phenoxy) is 2. The summed E-state index contributed by atoms with van der Waals surface area (Å²) in [4.78, 5) is 36.9. The first-order chi connectivity index (χ1) is 18.5. The van der Waals surface area contributed by atoms with Crippen LogP contribution in [0.2, 0.25) is 0 Å². The third-order valence-electron chi connectivity index (χ3n) is 7.11. The standard InChI is InChI=1S/C28H32IN5O4/c1-3-25(35)33-12-5-4-6-20(16-33)34-26-22(15-29)24(38-21-10-13-37-17-21)8-7-23(26)31-28(34)32-27(36)19-9-11-30-18(2)14-19/h3,7-9,11,14,20-21H,1,4-6,10,12-13,15-17H2,2H3,(H,31,32,36)/t20-,21-/m1/s1. The number of halogens is 1. The summed E-state index contributed by atoms with van der Waals surface area (Å²) >= 11 is 2.35. The number of carbonyl (C=O) groups excluding carboxylic acids is 2. The summed E-state index contributed by atoms with van der Waals surface area (Å²) in [6, 6.07) is 7.28. The van der Waals surface area contributed by atoms with Gasteiger partial charge in [-0.1, -0.05) is 29.2 Å². The van der Waals surface area contributed by atoms with E-state index in [-0.39, 0.29) is 24.0 Å². The number of alkyl halides is 1. The van der Waals surface area contributed by atoms with Crippen LogP contribution in [0.4, 0.5) is 5.95 Å². The molecule has 0 aliphatic carbocycles. The average molecular weight is 629 g/mol. The van der Waals surface area contributed by atoms with E-state index in [2.05, 4.69) is 44.0 Å². The number of aromatic nitrogens is 3. The number of pyridine rings is 1. The van der Waals surface area contributed by atoms with Crippen LogP contribution in [-0.4, -0.2) is 63.7 Å². The number of aryl methyl sites for hydroxylation is 1. The van der Waals surface area contributed by atoms with Crippen molar-refractivity contribution in [2.24, 2.45) is 0 Å². The summed E-state index contributed by atoms with van der Waals surface area (Å²) in [5.74, 6) is 0.928. The lowest BCUT2D eigenvalue weighted by atomic mass is 10.1. The Morgan fingerprint density at radius 1 is 1.29 bits per heavy atom. The minimum absolute atomic E-state index is 0.0122. The van der Waals surface area contributed by atoms with Gasteiger partial charge in [-0.25, -0.2) is 4.98 Å². The van der Waals surface area contributed by atoms with Gasteiger partial charge in [0.1, 0.15) is 11.9 Å². The number of nitrogens with zero attached hydrogens (tertiary/aromatic N) is 4. The molecular formula is C28H32IN5O4. The van der Waals surface area contributed by atoms with Crippen LogP contribution in [0.15, 0.2) is 43.1 Å². The lowest BCUT2D eigenvalue weighted by Crippen LogP contribution is -2.34. The number of benzene rings is 1. The van der Waals surface area contributed by atoms with Crippen molar-refractivity contribution in [1.29, 1.82) is 0 Å². The van der Waals surface area contributed by atoms with E-state index in [1.165, 1.54) is 6.08 Å². The first kappa shape index (κ1) is 26.6. The van der Waals surface area contributed by atoms with Gasteiger partial charge in [0.05, 0.1) is 30.3 Å². The molecule has 2 fully saturated rings. The van der Waals surface area contributed by atoms with Crippen molar-refractivity contribution in [2.75, 3.05) is 31.6 Å². The second-order valence-electron chi connectivity index (χ2n) is 9.73. The van der Waals surface area contributed by atoms with Crippen molar-refractivity contribution in [3.63, 3.8) is 0 Å². The van der Waals surface area contributed by atoms with Crippen molar-refractivity contribution in [1.82, 2.24) is 19.4 Å². The van der Waals surface area contributed by atoms with Crippen molar-refractivity contribution in [3.05, 3.63) is 59.9 Å². The summed E-state index contributed by atoms with van der Waals surface area (Å²) < 4.78 is 14.7. The molecule has 2 aliphatic rings. The first-order valence-electron chi connectivity index (χ1n) is 13.0. The molecule has 0 radical (unpaired) electrons. The molecule has 3 aromatic rings. The molecule has 200 valence electrons. The quantitative estimate of drug-likeness (QED) is 0.229. The Morgan fingerprint density at radius 2 is 2.16 bits per heavy atom. The van der Waals surface area contributed by atoms with Crippen molar-refractivity contribution < 1.29 is 19.1 Å². The molecule has 1 aromatic carbocycles. The number of likely N-dealkylation sites (tertiary alicyclic amines) is 1. The highest BCUT2D eigenvalue weighted by molar-refractivity contribution is 14.1. The van der Waals surface area contributed by atoms with Crippen LogP contribution < -0.4 is 10.1 Å². The maximum atomic E-state index is 13.3. The Balaban J connectivity index is 1.61. The van der Waals surface area contributed by atoms with Crippen LogP contribution in [0.3, 0.4) is 0 Å². The molecular weight excluding hydrogens is 597 g/mol. The Kier molecular flexibility index (Phi) is 8.27. The van der Waals surface area contributed by atoms with Crippen LogP contribution in [0.5, 0.6) is 5.75 Å². The van der Waals surface area contributed by atoms with Crippen LogP contribution in [0, 0.1) is 6.92 Å². The maximum Gasteiger partial charge on any atom is 0.258 e. The molecule has 0 spiro atoms. The van der Waals surface area contributed by atoms with E-state index in [1.54, 1.807) is 18.3 Å². The molecule has 4 heterocycles. The molecule has 0 unspecified atom stereocenters. The van der Waals surface area contributed by atoms with Gasteiger partial charge < -0.3 is 18.9 Å². The van der Waals surface area contributed by atoms with E-state index in [9.17, 15) is 9.59 Å². The summed E-state index contributed by atoms with van der Waals surface area (Å²) in [7, 11) is 0. The monoisotopic (exact) mass is 629 g/mol. The zero-order valence-corrected chi connectivity index (χ0v) is 23.6. The molecule has 0 bridgehead atoms. The normalized spacial score (nSPS) is 19.8. The molecule has 2 aromatic heterocycles. The average Bonchev–Trinajstić information content (AvgIpc) is 3.49. The molecule has 2 saturated heterocycles. The number of hydrogen-bond acceptors (Lipinski definition) is 6. The maximum absolute atomic E-state index is 13.3. The zero-order valence-electron chi connectivity index (χ0n) is 21.5. The molecule has 1 N–H and O–H groups in total. The van der Waals surface area contributed by atoms with Crippen molar-refractivity contribution >= 4 is 51.4 Å². The molecule has 10 heteroatoms. The molecule has 2 atom stereocenters. The van der Waals surface area contributed by atoms with Gasteiger partial charge in [-0.15, -0.1) is 0 Å². The fourth-order valence-corrected chi connectivity index (χ4v) is 5.96. The van der Waals surface area contributed by atoms with E-state index in [0.29, 0.717) is 42.2 Å². The minimum Gasteiger partial charge on any atom is -0.488 e. The molecule has 5 rings (SSSR count). The highest BCUT2D eigenvalue weighted by Gasteiger charge is 2.29. The van der Waals surface area contributed by atoms with Gasteiger partial charge in [0.15, 0.2) is 0 Å². The third kappa shape index (κ3) is 5.56. The summed E-state index contributed by atoms with van der Waals surface area (Å²) in [6.07, 6.45) is 6.58. The number of anilines is 1. The Bertz CT molecular complexity index is 1350. The number of hydrogen-bond donors (Lipinski definition) is 1. The van der Waals surface area contributed by atoms with Crippen molar-refractivity contribution in [2.45, 2.75) is 49.2 Å². The molecule has 2 aliphatic heterocycles. The number of amides is 2. The Hall–Kier alpha value is -2.99. The topological polar surface area (TPSA) is 98.6 Å². The molecule has 38 heavy (non-hydrogen) atoms. The van der Waals surface area contributed by atoms with E-state index >= 15 is 0 Å². The number of nitrogens with one attached hydrogen (secondary N) is 1. The fraction of sp³-hybridized carbons (Fsp3) is 0.429. The van der Waals surface area contributed by atoms with E-state index in [1.807, 2.05) is 24.0 Å². The highest BCUT2D eigenvalue weighted by Crippen LogP contribution is 2.37. The smallest absolute Gasteiger partial charge is 0.258 e. The van der Waals surface area contributed by atoms with Crippen LogP contribution in [0.1, 0.15) is 53.3 Å². The van der Waals surface area contributed by atoms with Gasteiger partial charge >= 0.3 is 0 Å². The first-order valence-corrected chi connectivity index (χ1v) is 14.5. The third-order valence-corrected chi connectivity index (χ3v) is 7.87. The largest absolute Gasteiger partial charge is 0.488 e. The van der Waals surface area contributed by atoms with Gasteiger partial charge in [0.2, 0.25) is 11.9 Å². The summed E-state index contributed by atoms with van der Waals surface area (Å²) in [5, 5.41) is 3.06. The molecule has 9 nitrogen and oxygen atoms in total. The van der Waals surface area contributed by atoms with Gasteiger partial charge in [-0.2, -0.15) is 0 Å². The Morgan fingerprint density at radius 3 is 2.89 bits per heavy atom. The Labute approximate surface area is 235 Å². The zero-order chi connectivity index (χ0) is 26.6. The van der Waals surface area contributed by atoms with Gasteiger partial charge in [0.25, 0.3) is 5.91 Å². The number of rotatable bonds is 7. The number of carbonyl (C=O) groups is 2. The van der Waals surface area contributed by atoms with Crippen LogP contribution in [0.25, 0.3) is 11.0 Å². The minimum atomic E-state index is -0.254. The lowest BCUT2D eigenvalue weighted by Gasteiger charge is -2.27. The molecule has 2 amide bonds. The summed E-state index contributed by atoms with van der Waals surface area (Å²) in [6.45, 7) is 8.01. The van der Waals surface area contributed by atoms with E-state index in [4.69, 9.17) is 14.5 Å². The van der Waals surface area contributed by atoms with Gasteiger partial charge in [-0.05, 0) is 56.5 Å². The predicted molar refractivity (Wildman–Crippen MR) is 154 cm³/mol. The van der Waals surface area contributed by atoms with Crippen LogP contribution in [-0.2, 0) is 14.0 Å². The van der Waals surface area contributed by atoms with Crippen LogP contribution >= 0.6 is 22.6 Å². The number of imidazole rings is 1. The summed E-state index contributed by atoms with van der Waals surface area (Å²) in [5.41, 5.74) is 4.00. The lowest BCUT2D eigenvalue weighted by molar-refractivity contribution is -0.126. The number of fused-ring (bicyclic) bond motifs is 1. The highest BCUT2D eigenvalue weighted by atomic mass is 127. The van der Waals surface area contributed by atoms with Gasteiger partial charge in [-0.3, -0.25) is 19.9 Å². The van der Waals surface area contributed by atoms with E-state index in [0.717, 1.165) is 53.7 Å². The van der Waals surface area contributed by atoms with E-state index < -0.39 is 0 Å². The second-order valence-corrected chi connectivity index (χ2v) is 10.5. The molecule has 0 saturated carbocycles. The van der Waals surface area contributed by atoms with Crippen molar-refractivity contribution in [3.8, 4) is 5.75 Å². The second kappa shape index (κ2) is 11.8. The van der Waals surface area contributed by atoms with Gasteiger partial charge in [0, 0.05) is 47.0 Å². The predicted octanol–water partition coefficient (Wildman–Crippen LogP) is 4.83.